The zero-order valence-electron chi connectivity index (χ0n) is 5.85. The van der Waals surface area contributed by atoms with Crippen LogP contribution in [0, 0.1) is 0 Å². The molecule has 0 heterocycles. The SMILES string of the molecule is [Cl-].[Cl-].[Cl-].[Cl-].[Cl][Ti+4].c1ccccc1. The molecule has 0 nitrogen and oxygen atoms in total. The molecule has 0 N–H and O–H groups in total. The molecule has 0 aromatic heterocycles. The Kier molecular flexibility index (Phi) is 71.6. The zero-order chi connectivity index (χ0) is 6.24. The minimum atomic E-state index is 0. The van der Waals surface area contributed by atoms with E-state index in [9.17, 15) is 0 Å². The van der Waals surface area contributed by atoms with Crippen molar-refractivity contribution in [1.29, 1.82) is 0 Å². The van der Waals surface area contributed by atoms with E-state index in [2.05, 4.69) is 9.30 Å². The van der Waals surface area contributed by atoms with Gasteiger partial charge in [0.1, 0.15) is 0 Å². The summed E-state index contributed by atoms with van der Waals surface area (Å²) in [6, 6.07) is 12.0. The second-order valence-electron chi connectivity index (χ2n) is 1.15. The summed E-state index contributed by atoms with van der Waals surface area (Å²) in [6.07, 6.45) is 0. The van der Waals surface area contributed by atoms with Crippen molar-refractivity contribution in [1.82, 2.24) is 0 Å². The Morgan fingerprint density at radius 2 is 0.583 bits per heavy atom. The standard InChI is InChI=1S/C6H6.5ClH.Ti/c1-2-4-6-5-3-1;;;;;;/h1-6H;5*1H;/q;;;;;;+5/p-5. The third-order valence-corrected chi connectivity index (χ3v) is 0.667. The normalized spacial score (nSPS) is 4.58. The van der Waals surface area contributed by atoms with E-state index in [0.717, 1.165) is 0 Å². The summed E-state index contributed by atoms with van der Waals surface area (Å²) in [7, 11) is 4.64. The van der Waals surface area contributed by atoms with Crippen LogP contribution in [0.2, 0.25) is 0 Å². The number of benzene rings is 1. The monoisotopic (exact) mass is 301 g/mol. The van der Waals surface area contributed by atoms with Gasteiger partial charge in [-0.3, -0.25) is 0 Å². The van der Waals surface area contributed by atoms with Crippen LogP contribution in [-0.2, 0) is 19.4 Å². The van der Waals surface area contributed by atoms with Crippen LogP contribution < -0.4 is 49.6 Å². The van der Waals surface area contributed by atoms with Crippen LogP contribution in [0.15, 0.2) is 36.4 Å². The Labute approximate surface area is 114 Å². The predicted octanol–water partition coefficient (Wildman–Crippen LogP) is -9.61. The number of halogens is 5. The Morgan fingerprint density at radius 3 is 0.667 bits per heavy atom. The first-order chi connectivity index (χ1) is 4.00. The summed E-state index contributed by atoms with van der Waals surface area (Å²) in [6.45, 7) is 0. The minimum absolute atomic E-state index is 0. The quantitative estimate of drug-likeness (QED) is 0.418. The number of rotatable bonds is 0. The van der Waals surface area contributed by atoms with E-state index in [0.29, 0.717) is 0 Å². The van der Waals surface area contributed by atoms with Gasteiger partial charge < -0.3 is 49.6 Å². The first kappa shape index (κ1) is 29.2. The van der Waals surface area contributed by atoms with E-state index >= 15 is 0 Å². The second-order valence-corrected chi connectivity index (χ2v) is 1.15. The van der Waals surface area contributed by atoms with Crippen LogP contribution >= 0.6 is 9.30 Å². The average molecular weight is 303 g/mol. The van der Waals surface area contributed by atoms with Gasteiger partial charge in [0.25, 0.3) is 0 Å². The van der Waals surface area contributed by atoms with E-state index in [-0.39, 0.29) is 49.6 Å². The maximum Gasteiger partial charge on any atom is -0.0623 e. The molecule has 6 heteroatoms. The second kappa shape index (κ2) is 29.4. The van der Waals surface area contributed by atoms with Crippen LogP contribution in [0.5, 0.6) is 0 Å². The predicted molar refractivity (Wildman–Crippen MR) is 32.3 cm³/mol. The molecule has 0 atom stereocenters. The topological polar surface area (TPSA) is 0 Å². The van der Waals surface area contributed by atoms with Crippen molar-refractivity contribution in [3.8, 4) is 0 Å². The van der Waals surface area contributed by atoms with Gasteiger partial charge in [-0.25, -0.2) is 0 Å². The van der Waals surface area contributed by atoms with E-state index in [4.69, 9.17) is 0 Å². The van der Waals surface area contributed by atoms with Gasteiger partial charge in [0.2, 0.25) is 0 Å². The van der Waals surface area contributed by atoms with Crippen LogP contribution in [0.4, 0.5) is 0 Å². The third kappa shape index (κ3) is 22.5. The smallest absolute Gasteiger partial charge is 0.0623 e. The van der Waals surface area contributed by atoms with Crippen LogP contribution in [0.1, 0.15) is 0 Å². The molecule has 0 aliphatic carbocycles. The molecular weight excluding hydrogens is 297 g/mol. The first-order valence-corrected chi connectivity index (χ1v) is 4.34. The number of hydrogen-bond donors (Lipinski definition) is 0. The van der Waals surface area contributed by atoms with E-state index in [1.54, 1.807) is 0 Å². The Bertz CT molecular complexity index is 87.9. The Balaban J connectivity index is -0.0000000257. The first-order valence-electron chi connectivity index (χ1n) is 2.19. The molecule has 1 rings (SSSR count). The van der Waals surface area contributed by atoms with Gasteiger partial charge in [-0.15, -0.1) is 0 Å². The molecule has 0 bridgehead atoms. The van der Waals surface area contributed by atoms with E-state index in [1.807, 2.05) is 36.4 Å². The number of hydrogen-bond acceptors (Lipinski definition) is 0. The van der Waals surface area contributed by atoms with Crippen molar-refractivity contribution >= 4 is 9.30 Å². The molecule has 0 saturated carbocycles. The van der Waals surface area contributed by atoms with Crippen molar-refractivity contribution in [2.24, 2.45) is 0 Å². The fourth-order valence-corrected chi connectivity index (χ4v) is 0.385. The third-order valence-electron chi connectivity index (χ3n) is 0.667. The van der Waals surface area contributed by atoms with Gasteiger partial charge >= 0.3 is 28.7 Å². The molecular formula is C6H6Cl5Ti. The van der Waals surface area contributed by atoms with Crippen molar-refractivity contribution in [3.05, 3.63) is 36.4 Å². The maximum atomic E-state index is 4.64. The molecule has 12 heavy (non-hydrogen) atoms. The van der Waals surface area contributed by atoms with Gasteiger partial charge in [0.15, 0.2) is 0 Å². The van der Waals surface area contributed by atoms with Crippen molar-refractivity contribution in [3.63, 3.8) is 0 Å². The van der Waals surface area contributed by atoms with Gasteiger partial charge in [0, 0.05) is 0 Å². The van der Waals surface area contributed by atoms with Crippen LogP contribution in [0.3, 0.4) is 0 Å². The molecule has 69 valence electrons. The summed E-state index contributed by atoms with van der Waals surface area (Å²) >= 11 is 1.47. The fraction of sp³-hybridized carbons (Fsp3) is 0. The zero-order valence-corrected chi connectivity index (χ0v) is 11.2. The molecule has 1 aromatic carbocycles. The van der Waals surface area contributed by atoms with Crippen molar-refractivity contribution in [2.45, 2.75) is 0 Å². The van der Waals surface area contributed by atoms with Gasteiger partial charge in [-0.2, -0.15) is 0 Å². The summed E-state index contributed by atoms with van der Waals surface area (Å²) < 4.78 is 0. The Morgan fingerprint density at radius 1 is 0.500 bits per heavy atom. The summed E-state index contributed by atoms with van der Waals surface area (Å²) in [4.78, 5) is 0. The van der Waals surface area contributed by atoms with Gasteiger partial charge in [-0.1, -0.05) is 36.4 Å². The fourth-order valence-electron chi connectivity index (χ4n) is 0.385. The minimum Gasteiger partial charge on any atom is -0.0623 e. The maximum absolute atomic E-state index is 4.64. The summed E-state index contributed by atoms with van der Waals surface area (Å²) in [5.74, 6) is 0. The molecule has 0 radical (unpaired) electrons. The molecule has 1 aromatic rings. The average Bonchev–Trinajstić information content (AvgIpc) is 1.96. The van der Waals surface area contributed by atoms with Gasteiger partial charge in [-0.05, 0) is 0 Å². The molecule has 0 unspecified atom stereocenters. The van der Waals surface area contributed by atoms with Crippen LogP contribution in [0.25, 0.3) is 0 Å². The van der Waals surface area contributed by atoms with E-state index < -0.39 is 0 Å². The van der Waals surface area contributed by atoms with E-state index in [1.165, 1.54) is 19.4 Å². The van der Waals surface area contributed by atoms with Crippen molar-refractivity contribution < 1.29 is 69.0 Å². The molecule has 0 aliphatic rings. The largest absolute Gasteiger partial charge is 0.0623 e. The Hall–Kier alpha value is 1.38. The molecule has 0 spiro atoms. The molecule has 0 fully saturated rings. The molecule has 0 saturated heterocycles. The summed E-state index contributed by atoms with van der Waals surface area (Å²) in [5, 5.41) is 0. The van der Waals surface area contributed by atoms with Crippen molar-refractivity contribution in [2.75, 3.05) is 0 Å². The van der Waals surface area contributed by atoms with Gasteiger partial charge in [0.05, 0.1) is 0 Å². The molecule has 0 amide bonds. The molecule has 0 aliphatic heterocycles. The summed E-state index contributed by atoms with van der Waals surface area (Å²) in [5.41, 5.74) is 0. The van der Waals surface area contributed by atoms with Crippen LogP contribution in [-0.4, -0.2) is 0 Å².